The minimum absolute atomic E-state index is 0.0320. The lowest BCUT2D eigenvalue weighted by Gasteiger charge is -2.14. The van der Waals surface area contributed by atoms with Gasteiger partial charge in [-0.15, -0.1) is 0 Å². The molecule has 3 aromatic carbocycles. The number of nitrogens with zero attached hydrogens (tertiary/aromatic N) is 1. The number of hydrogen-bond acceptors (Lipinski definition) is 12. The number of methoxy groups -OCH3 is 3. The number of Topliss-reactive ketones (excluding diaryl/α,β-unsaturated/α-hetero) is 3. The fourth-order valence-corrected chi connectivity index (χ4v) is 8.26. The number of carbonyl (C=O) groups excluding carboxylic acids is 6. The van der Waals surface area contributed by atoms with Crippen LogP contribution in [0.4, 0.5) is 11.4 Å². The molecule has 60 heavy (non-hydrogen) atoms. The molecular formula is C42H49Cl2N5O11. The highest BCUT2D eigenvalue weighted by Crippen LogP contribution is 2.41. The van der Waals surface area contributed by atoms with Crippen LogP contribution >= 0.6 is 23.2 Å². The first kappa shape index (κ1) is 46.9. The van der Waals surface area contributed by atoms with Crippen molar-refractivity contribution in [2.24, 2.45) is 0 Å². The first-order valence-electron chi connectivity index (χ1n) is 19.2. The minimum Gasteiger partial charge on any atom is -0.496 e. The summed E-state index contributed by atoms with van der Waals surface area (Å²) in [7, 11) is 4.32. The molecular weight excluding hydrogens is 821 g/mol. The summed E-state index contributed by atoms with van der Waals surface area (Å²) in [6, 6.07) is 7.68. The number of nitrogens with one attached hydrogen (secondary N) is 3. The smallest absolute Gasteiger partial charge is 0.313 e. The Hall–Kier alpha value is -5.74. The SMILES string of the molecule is COc1c(N)ccc2c1C(=O)C[C@@H](NC(C)=O)CC2.COc1c([N+](=O)[O-])cc(Cl)c2c1C(=O)C[C@@H](NC(C)=O)CC2.COc1ccc(Cl)c2c1C(=O)C[C@@H](NC(C)=O)CC2. The van der Waals surface area contributed by atoms with Crippen LogP contribution in [0.15, 0.2) is 30.3 Å². The summed E-state index contributed by atoms with van der Waals surface area (Å²) in [5.41, 5.74) is 9.52. The summed E-state index contributed by atoms with van der Waals surface area (Å²) in [4.78, 5) is 81.1. The number of hydrogen-bond donors (Lipinski definition) is 4. The third-order valence-corrected chi connectivity index (χ3v) is 10.9. The van der Waals surface area contributed by atoms with Crippen molar-refractivity contribution in [2.75, 3.05) is 27.1 Å². The molecule has 3 amide bonds. The number of nitro groups is 1. The van der Waals surface area contributed by atoms with Crippen molar-refractivity contribution >= 4 is 69.6 Å². The van der Waals surface area contributed by atoms with Gasteiger partial charge in [0.25, 0.3) is 0 Å². The summed E-state index contributed by atoms with van der Waals surface area (Å²) in [5.74, 6) is 0.0660. The van der Waals surface area contributed by atoms with Crippen LogP contribution in [0.5, 0.6) is 17.2 Å². The number of ketones is 3. The molecule has 0 saturated heterocycles. The predicted molar refractivity (Wildman–Crippen MR) is 225 cm³/mol. The lowest BCUT2D eigenvalue weighted by Crippen LogP contribution is -2.34. The van der Waals surface area contributed by atoms with Gasteiger partial charge >= 0.3 is 5.69 Å². The van der Waals surface area contributed by atoms with Crippen molar-refractivity contribution in [3.8, 4) is 17.2 Å². The van der Waals surface area contributed by atoms with Crippen LogP contribution in [-0.2, 0) is 33.6 Å². The van der Waals surface area contributed by atoms with Crippen molar-refractivity contribution in [1.82, 2.24) is 16.0 Å². The van der Waals surface area contributed by atoms with Gasteiger partial charge < -0.3 is 35.9 Å². The number of aryl methyl sites for hydroxylation is 1. The summed E-state index contributed by atoms with van der Waals surface area (Å²) in [5, 5.41) is 20.2. The van der Waals surface area contributed by atoms with Gasteiger partial charge in [0.15, 0.2) is 23.1 Å². The number of benzene rings is 3. The number of anilines is 1. The van der Waals surface area contributed by atoms with Gasteiger partial charge in [-0.1, -0.05) is 29.3 Å². The van der Waals surface area contributed by atoms with E-state index in [1.54, 1.807) is 18.2 Å². The normalized spacial score (nSPS) is 18.1. The predicted octanol–water partition coefficient (Wildman–Crippen LogP) is 5.95. The molecule has 0 aromatic heterocycles. The molecule has 3 aromatic rings. The van der Waals surface area contributed by atoms with E-state index in [0.29, 0.717) is 64.6 Å². The summed E-state index contributed by atoms with van der Waals surface area (Å²) < 4.78 is 15.6. The quantitative estimate of drug-likeness (QED) is 0.0933. The zero-order valence-corrected chi connectivity index (χ0v) is 35.8. The second-order valence-corrected chi connectivity index (χ2v) is 15.4. The first-order valence-corrected chi connectivity index (χ1v) is 19.9. The van der Waals surface area contributed by atoms with Gasteiger partial charge in [-0.25, -0.2) is 0 Å². The Morgan fingerprint density at radius 2 is 1.13 bits per heavy atom. The largest absolute Gasteiger partial charge is 0.496 e. The van der Waals surface area contributed by atoms with E-state index in [0.717, 1.165) is 24.0 Å². The Morgan fingerprint density at radius 3 is 1.60 bits per heavy atom. The van der Waals surface area contributed by atoms with E-state index in [1.165, 1.54) is 48.2 Å². The van der Waals surface area contributed by atoms with E-state index >= 15 is 0 Å². The van der Waals surface area contributed by atoms with Crippen molar-refractivity contribution in [3.05, 3.63) is 83.9 Å². The molecule has 18 heteroatoms. The Kier molecular flexibility index (Phi) is 16.4. The van der Waals surface area contributed by atoms with E-state index in [9.17, 15) is 38.9 Å². The van der Waals surface area contributed by atoms with Gasteiger partial charge in [0, 0.05) is 69.2 Å². The minimum atomic E-state index is -0.630. The number of carbonyl (C=O) groups is 6. The van der Waals surface area contributed by atoms with Gasteiger partial charge in [0.05, 0.1) is 53.7 Å². The molecule has 0 heterocycles. The lowest BCUT2D eigenvalue weighted by atomic mass is 9.99. The number of ether oxygens (including phenoxy) is 3. The molecule has 3 atom stereocenters. The third kappa shape index (κ3) is 11.5. The number of nitrogens with two attached hydrogens (primary N) is 1. The Labute approximate surface area is 357 Å². The molecule has 6 rings (SSSR count). The number of amides is 3. The van der Waals surface area contributed by atoms with E-state index in [1.807, 2.05) is 6.07 Å². The fraction of sp³-hybridized carbons (Fsp3) is 0.429. The maximum absolute atomic E-state index is 12.5. The lowest BCUT2D eigenvalue weighted by molar-refractivity contribution is -0.385. The van der Waals surface area contributed by atoms with Crippen LogP contribution in [-0.4, -0.2) is 79.4 Å². The average Bonchev–Trinajstić information content (AvgIpc) is 3.52. The van der Waals surface area contributed by atoms with E-state index < -0.39 is 4.92 Å². The molecule has 322 valence electrons. The maximum Gasteiger partial charge on any atom is 0.313 e. The molecule has 5 N–H and O–H groups in total. The highest BCUT2D eigenvalue weighted by atomic mass is 35.5. The maximum atomic E-state index is 12.5. The Morgan fingerprint density at radius 1 is 0.667 bits per heavy atom. The summed E-state index contributed by atoms with van der Waals surface area (Å²) in [6.07, 6.45) is 4.40. The molecule has 0 bridgehead atoms. The van der Waals surface area contributed by atoms with Crippen LogP contribution in [0, 0.1) is 10.1 Å². The molecule has 0 fully saturated rings. The fourth-order valence-electron chi connectivity index (χ4n) is 7.72. The number of rotatable bonds is 7. The molecule has 16 nitrogen and oxygen atoms in total. The van der Waals surface area contributed by atoms with Gasteiger partial charge in [0.2, 0.25) is 23.5 Å². The zero-order valence-electron chi connectivity index (χ0n) is 34.3. The van der Waals surface area contributed by atoms with E-state index in [4.69, 9.17) is 43.1 Å². The standard InChI is InChI=1S/C14H15ClN2O5.C14H16ClNO3.C14H18N2O3/c1-7(18)16-8-3-4-9-10(15)6-11(17(20)21)14(22-2)13(9)12(19)5-8;1-8(17)16-9-3-4-10-11(15)5-6-13(19-2)14(10)12(18)7-9;1-8(17)16-10-5-3-9-4-6-11(15)14(19-2)13(9)12(18)7-10/h6,8H,3-5H2,1-2H3,(H,16,18);5-6,9H,3-4,7H2,1-2H3,(H,16,17);4,6,10H,3,5,7,15H2,1-2H3,(H,16,17)/t8-;9-;10-/m000/s1. The van der Waals surface area contributed by atoms with Crippen LogP contribution in [0.25, 0.3) is 0 Å². The number of nitro benzene ring substituents is 1. The number of halogens is 2. The van der Waals surface area contributed by atoms with Crippen molar-refractivity contribution in [2.45, 2.75) is 96.7 Å². The first-order chi connectivity index (χ1) is 28.4. The topological polar surface area (TPSA) is 235 Å². The van der Waals surface area contributed by atoms with Crippen LogP contribution in [0.3, 0.4) is 0 Å². The zero-order chi connectivity index (χ0) is 44.4. The number of fused-ring (bicyclic) bond motifs is 3. The van der Waals surface area contributed by atoms with Gasteiger partial charge in [-0.2, -0.15) is 0 Å². The van der Waals surface area contributed by atoms with Gasteiger partial charge in [-0.3, -0.25) is 38.9 Å². The van der Waals surface area contributed by atoms with Crippen LogP contribution < -0.4 is 35.9 Å². The molecule has 0 saturated carbocycles. The van der Waals surface area contributed by atoms with Crippen LogP contribution in [0.2, 0.25) is 10.0 Å². The molecule has 3 aliphatic carbocycles. The van der Waals surface area contributed by atoms with Crippen LogP contribution in [0.1, 0.15) is 107 Å². The van der Waals surface area contributed by atoms with Crippen molar-refractivity contribution < 1.29 is 47.9 Å². The van der Waals surface area contributed by atoms with Gasteiger partial charge in [-0.05, 0) is 73.4 Å². The second kappa shape index (κ2) is 21.0. The molecule has 0 aliphatic heterocycles. The Balaban J connectivity index is 0.000000199. The van der Waals surface area contributed by atoms with E-state index in [-0.39, 0.29) is 94.5 Å². The summed E-state index contributed by atoms with van der Waals surface area (Å²) >= 11 is 12.3. The molecule has 0 unspecified atom stereocenters. The Bertz CT molecular complexity index is 2180. The van der Waals surface area contributed by atoms with E-state index in [2.05, 4.69) is 16.0 Å². The van der Waals surface area contributed by atoms with Gasteiger partial charge in [0.1, 0.15) is 5.75 Å². The monoisotopic (exact) mass is 869 g/mol. The number of nitrogen functional groups attached to an aromatic ring is 1. The highest BCUT2D eigenvalue weighted by Gasteiger charge is 2.33. The second-order valence-electron chi connectivity index (χ2n) is 14.5. The molecule has 0 radical (unpaired) electrons. The molecule has 0 spiro atoms. The summed E-state index contributed by atoms with van der Waals surface area (Å²) in [6.45, 7) is 4.29. The third-order valence-electron chi connectivity index (χ3n) is 10.2. The molecule has 3 aliphatic rings. The average molecular weight is 871 g/mol. The van der Waals surface area contributed by atoms with Crippen molar-refractivity contribution in [3.63, 3.8) is 0 Å². The van der Waals surface area contributed by atoms with Crippen molar-refractivity contribution in [1.29, 1.82) is 0 Å². The highest BCUT2D eigenvalue weighted by molar-refractivity contribution is 6.32.